The van der Waals surface area contributed by atoms with Crippen LogP contribution < -0.4 is 4.74 Å². The Balaban J connectivity index is 1.78. The Morgan fingerprint density at radius 2 is 2.12 bits per heavy atom. The second-order valence-corrected chi connectivity index (χ2v) is 7.00. The van der Waals surface area contributed by atoms with Gasteiger partial charge in [-0.15, -0.1) is 0 Å². The van der Waals surface area contributed by atoms with Crippen LogP contribution in [0.1, 0.15) is 23.9 Å². The van der Waals surface area contributed by atoms with Gasteiger partial charge in [-0.25, -0.2) is 0 Å². The van der Waals surface area contributed by atoms with E-state index >= 15 is 0 Å². The molecule has 1 aliphatic heterocycles. The fourth-order valence-electron chi connectivity index (χ4n) is 3.86. The zero-order valence-electron chi connectivity index (χ0n) is 15.2. The van der Waals surface area contributed by atoms with E-state index in [0.717, 1.165) is 37.4 Å². The Morgan fingerprint density at radius 1 is 1.24 bits per heavy atom. The molecule has 0 radical (unpaired) electrons. The van der Waals surface area contributed by atoms with E-state index in [1.165, 1.54) is 22.2 Å². The number of hydrogen-bond donors (Lipinski definition) is 0. The second kappa shape index (κ2) is 6.52. The molecule has 0 bridgehead atoms. The fourth-order valence-corrected chi connectivity index (χ4v) is 3.86. The summed E-state index contributed by atoms with van der Waals surface area (Å²) in [5.41, 5.74) is 5.39. The topological polar surface area (TPSA) is 30.3 Å². The molecule has 4 nitrogen and oxygen atoms in total. The molecule has 3 heterocycles. The molecule has 0 saturated carbocycles. The van der Waals surface area contributed by atoms with Gasteiger partial charge in [0, 0.05) is 60.5 Å². The smallest absolute Gasteiger partial charge is 0.119 e. The monoisotopic (exact) mass is 335 g/mol. The number of likely N-dealkylation sites (N-methyl/N-ethyl adjacent to an activating group) is 1. The fraction of sp³-hybridized carbons (Fsp3) is 0.381. The van der Waals surface area contributed by atoms with Crippen LogP contribution in [0.2, 0.25) is 0 Å². The first-order chi connectivity index (χ1) is 12.2. The molecule has 1 aromatic carbocycles. The van der Waals surface area contributed by atoms with E-state index in [1.807, 2.05) is 12.3 Å². The Bertz CT molecular complexity index is 885. The predicted octanol–water partition coefficient (Wildman–Crippen LogP) is 3.66. The van der Waals surface area contributed by atoms with E-state index in [9.17, 15) is 0 Å². The Morgan fingerprint density at radius 3 is 2.88 bits per heavy atom. The lowest BCUT2D eigenvalue weighted by molar-refractivity contribution is 0.228. The van der Waals surface area contributed by atoms with Gasteiger partial charge in [-0.3, -0.25) is 9.88 Å². The van der Waals surface area contributed by atoms with Gasteiger partial charge in [0.15, 0.2) is 0 Å². The minimum Gasteiger partial charge on any atom is -0.497 e. The van der Waals surface area contributed by atoms with Crippen LogP contribution in [0.25, 0.3) is 10.9 Å². The normalized spacial score (nSPS) is 17.6. The van der Waals surface area contributed by atoms with E-state index in [4.69, 9.17) is 4.74 Å². The first-order valence-corrected chi connectivity index (χ1v) is 8.95. The summed E-state index contributed by atoms with van der Waals surface area (Å²) < 4.78 is 7.97. The highest BCUT2D eigenvalue weighted by molar-refractivity contribution is 5.87. The molecule has 25 heavy (non-hydrogen) atoms. The first-order valence-electron chi connectivity index (χ1n) is 8.95. The van der Waals surface area contributed by atoms with Crippen molar-refractivity contribution in [2.45, 2.75) is 38.9 Å². The largest absolute Gasteiger partial charge is 0.497 e. The highest BCUT2D eigenvalue weighted by Gasteiger charge is 2.26. The number of benzene rings is 1. The summed E-state index contributed by atoms with van der Waals surface area (Å²) in [5.74, 6) is 0.929. The molecule has 0 fully saturated rings. The summed E-state index contributed by atoms with van der Waals surface area (Å²) >= 11 is 0. The average Bonchev–Trinajstić information content (AvgIpc) is 2.93. The number of hydrogen-bond acceptors (Lipinski definition) is 3. The zero-order valence-corrected chi connectivity index (χ0v) is 15.2. The molecule has 2 aromatic heterocycles. The molecule has 0 N–H and O–H groups in total. The Hall–Kier alpha value is -2.33. The molecule has 1 unspecified atom stereocenters. The molecule has 130 valence electrons. The minimum absolute atomic E-state index is 0.562. The highest BCUT2D eigenvalue weighted by atomic mass is 16.5. The molecule has 1 atom stereocenters. The van der Waals surface area contributed by atoms with Gasteiger partial charge >= 0.3 is 0 Å². The Kier molecular flexibility index (Phi) is 4.22. The lowest BCUT2D eigenvalue weighted by atomic mass is 10.00. The number of rotatable bonds is 4. The van der Waals surface area contributed by atoms with Crippen molar-refractivity contribution in [2.75, 3.05) is 14.2 Å². The van der Waals surface area contributed by atoms with Crippen molar-refractivity contribution in [3.8, 4) is 5.75 Å². The highest BCUT2D eigenvalue weighted by Crippen LogP contribution is 2.34. The van der Waals surface area contributed by atoms with Gasteiger partial charge in [0.2, 0.25) is 0 Å². The number of ether oxygens (including phenoxy) is 1. The molecule has 4 heteroatoms. The summed E-state index contributed by atoms with van der Waals surface area (Å²) in [6.45, 7) is 4.27. The van der Waals surface area contributed by atoms with Crippen LogP contribution in [0.5, 0.6) is 5.75 Å². The standard InChI is InChI=1S/C21H25N3O/c1-15-12-21-19(14-23(15)2)18-13-17(25-3)7-8-20(18)24(21)11-9-16-6-4-5-10-22-16/h4-8,10,13,15H,9,11-12,14H2,1-3H3. The maximum Gasteiger partial charge on any atom is 0.119 e. The number of fused-ring (bicyclic) bond motifs is 3. The van der Waals surface area contributed by atoms with Crippen molar-refractivity contribution >= 4 is 10.9 Å². The second-order valence-electron chi connectivity index (χ2n) is 7.00. The zero-order chi connectivity index (χ0) is 17.4. The summed E-state index contributed by atoms with van der Waals surface area (Å²) in [5, 5.41) is 1.33. The third-order valence-corrected chi connectivity index (χ3v) is 5.46. The van der Waals surface area contributed by atoms with Gasteiger partial charge in [0.1, 0.15) is 5.75 Å². The molecule has 0 aliphatic carbocycles. The Labute approximate surface area is 149 Å². The van der Waals surface area contributed by atoms with Crippen LogP contribution in [0.3, 0.4) is 0 Å². The minimum atomic E-state index is 0.562. The maximum atomic E-state index is 5.47. The van der Waals surface area contributed by atoms with Crippen LogP contribution >= 0.6 is 0 Å². The number of nitrogens with zero attached hydrogens (tertiary/aromatic N) is 3. The molecule has 0 spiro atoms. The van der Waals surface area contributed by atoms with Crippen LogP contribution in [-0.2, 0) is 25.9 Å². The number of aromatic nitrogens is 2. The molecule has 0 saturated heterocycles. The number of methoxy groups -OCH3 is 1. The number of aryl methyl sites for hydroxylation is 2. The molecule has 4 rings (SSSR count). The van der Waals surface area contributed by atoms with Gasteiger partial charge in [-0.2, -0.15) is 0 Å². The van der Waals surface area contributed by atoms with Crippen molar-refractivity contribution in [1.29, 1.82) is 0 Å². The van der Waals surface area contributed by atoms with Gasteiger partial charge in [0.25, 0.3) is 0 Å². The van der Waals surface area contributed by atoms with E-state index in [2.05, 4.69) is 58.8 Å². The summed E-state index contributed by atoms with van der Waals surface area (Å²) in [4.78, 5) is 6.92. The van der Waals surface area contributed by atoms with Crippen molar-refractivity contribution < 1.29 is 4.74 Å². The van der Waals surface area contributed by atoms with E-state index in [-0.39, 0.29) is 0 Å². The van der Waals surface area contributed by atoms with E-state index in [0.29, 0.717) is 6.04 Å². The quantitative estimate of drug-likeness (QED) is 0.729. The SMILES string of the molecule is COc1ccc2c(c1)c1c(n2CCc2ccccn2)CC(C)N(C)C1. The summed E-state index contributed by atoms with van der Waals surface area (Å²) in [6.07, 6.45) is 3.92. The number of pyridine rings is 1. The average molecular weight is 335 g/mol. The van der Waals surface area contributed by atoms with Gasteiger partial charge in [0.05, 0.1) is 7.11 Å². The summed E-state index contributed by atoms with van der Waals surface area (Å²) in [6, 6.07) is 13.2. The van der Waals surface area contributed by atoms with Crippen molar-refractivity contribution in [1.82, 2.24) is 14.5 Å². The van der Waals surface area contributed by atoms with Crippen LogP contribution in [0.4, 0.5) is 0 Å². The third kappa shape index (κ3) is 2.91. The van der Waals surface area contributed by atoms with Crippen LogP contribution in [-0.4, -0.2) is 34.7 Å². The van der Waals surface area contributed by atoms with Crippen LogP contribution in [0.15, 0.2) is 42.6 Å². The molecule has 1 aliphatic rings. The molecular weight excluding hydrogens is 310 g/mol. The van der Waals surface area contributed by atoms with Gasteiger partial charge < -0.3 is 9.30 Å². The molecular formula is C21H25N3O. The lowest BCUT2D eigenvalue weighted by Gasteiger charge is -2.31. The molecule has 0 amide bonds. The lowest BCUT2D eigenvalue weighted by Crippen LogP contribution is -2.35. The van der Waals surface area contributed by atoms with Gasteiger partial charge in [-0.1, -0.05) is 6.07 Å². The van der Waals surface area contributed by atoms with Crippen LogP contribution in [0, 0.1) is 0 Å². The van der Waals surface area contributed by atoms with E-state index in [1.54, 1.807) is 7.11 Å². The predicted molar refractivity (Wildman–Crippen MR) is 101 cm³/mol. The first kappa shape index (κ1) is 16.2. The maximum absolute atomic E-state index is 5.47. The van der Waals surface area contributed by atoms with Crippen molar-refractivity contribution in [2.24, 2.45) is 0 Å². The van der Waals surface area contributed by atoms with Crippen molar-refractivity contribution in [3.05, 3.63) is 59.5 Å². The van der Waals surface area contributed by atoms with Crippen molar-refractivity contribution in [3.63, 3.8) is 0 Å². The van der Waals surface area contributed by atoms with Gasteiger partial charge in [-0.05, 0) is 49.9 Å². The summed E-state index contributed by atoms with van der Waals surface area (Å²) in [7, 11) is 3.95. The van der Waals surface area contributed by atoms with E-state index < -0.39 is 0 Å². The molecule has 3 aromatic rings. The third-order valence-electron chi connectivity index (χ3n) is 5.46.